The predicted octanol–water partition coefficient (Wildman–Crippen LogP) is 3.68. The van der Waals surface area contributed by atoms with Crippen molar-refractivity contribution in [1.82, 2.24) is 4.98 Å². The normalized spacial score (nSPS) is 10.3. The third-order valence-electron chi connectivity index (χ3n) is 2.52. The number of ether oxygens (including phenoxy) is 1. The van der Waals surface area contributed by atoms with Crippen LogP contribution in [0.3, 0.4) is 0 Å². The molecule has 2 rings (SSSR count). The van der Waals surface area contributed by atoms with Gasteiger partial charge in [0.25, 0.3) is 0 Å². The van der Waals surface area contributed by atoms with Gasteiger partial charge in [0.05, 0.1) is 12.1 Å². The summed E-state index contributed by atoms with van der Waals surface area (Å²) in [6.07, 6.45) is 0. The molecule has 1 N–H and O–H groups in total. The van der Waals surface area contributed by atoms with E-state index in [4.69, 9.17) is 4.74 Å². The number of esters is 1. The minimum Gasteiger partial charge on any atom is -0.461 e. The molecule has 0 saturated carbocycles. The van der Waals surface area contributed by atoms with Crippen LogP contribution in [-0.2, 0) is 4.74 Å². The SMILES string of the molecule is CCOC(=O)c1ncsc1Nc1cc(C)cc(C)c1. The number of nitrogens with one attached hydrogen (secondary N) is 1. The second-order valence-electron chi connectivity index (χ2n) is 4.25. The van der Waals surface area contributed by atoms with Crippen molar-refractivity contribution in [3.05, 3.63) is 40.5 Å². The van der Waals surface area contributed by atoms with Gasteiger partial charge in [-0.1, -0.05) is 6.07 Å². The van der Waals surface area contributed by atoms with Gasteiger partial charge in [-0.05, 0) is 44.0 Å². The zero-order valence-electron chi connectivity index (χ0n) is 11.2. The van der Waals surface area contributed by atoms with Gasteiger partial charge in [0.2, 0.25) is 0 Å². The number of rotatable bonds is 4. The Labute approximate surface area is 116 Å². The molecule has 1 aromatic carbocycles. The summed E-state index contributed by atoms with van der Waals surface area (Å²) >= 11 is 1.39. The molecule has 0 fully saturated rings. The van der Waals surface area contributed by atoms with Crippen molar-refractivity contribution in [2.75, 3.05) is 11.9 Å². The van der Waals surface area contributed by atoms with E-state index in [1.165, 1.54) is 22.5 Å². The number of anilines is 2. The summed E-state index contributed by atoms with van der Waals surface area (Å²) < 4.78 is 4.98. The summed E-state index contributed by atoms with van der Waals surface area (Å²) in [5.41, 5.74) is 5.27. The van der Waals surface area contributed by atoms with Crippen LogP contribution in [0.25, 0.3) is 0 Å². The summed E-state index contributed by atoms with van der Waals surface area (Å²) in [5.74, 6) is -0.393. The molecule has 0 amide bonds. The molecule has 0 bridgehead atoms. The van der Waals surface area contributed by atoms with Crippen LogP contribution in [0.2, 0.25) is 0 Å². The van der Waals surface area contributed by atoms with E-state index >= 15 is 0 Å². The van der Waals surface area contributed by atoms with Crippen molar-refractivity contribution < 1.29 is 9.53 Å². The van der Waals surface area contributed by atoms with E-state index in [9.17, 15) is 4.79 Å². The van der Waals surface area contributed by atoms with Crippen molar-refractivity contribution >= 4 is 28.0 Å². The Kier molecular flexibility index (Phi) is 4.16. The average Bonchev–Trinajstić information content (AvgIpc) is 2.76. The molecule has 0 unspecified atom stereocenters. The first-order valence-electron chi connectivity index (χ1n) is 6.06. The number of aryl methyl sites for hydroxylation is 2. The van der Waals surface area contributed by atoms with E-state index in [1.54, 1.807) is 12.4 Å². The van der Waals surface area contributed by atoms with Gasteiger partial charge in [-0.15, -0.1) is 11.3 Å². The number of carbonyl (C=O) groups is 1. The number of thiazole rings is 1. The van der Waals surface area contributed by atoms with Gasteiger partial charge in [0, 0.05) is 5.69 Å². The van der Waals surface area contributed by atoms with Crippen molar-refractivity contribution in [2.24, 2.45) is 0 Å². The van der Waals surface area contributed by atoms with Crippen molar-refractivity contribution in [3.63, 3.8) is 0 Å². The van der Waals surface area contributed by atoms with Crippen molar-refractivity contribution in [1.29, 1.82) is 0 Å². The van der Waals surface area contributed by atoms with Crippen LogP contribution in [0.4, 0.5) is 10.7 Å². The fourth-order valence-electron chi connectivity index (χ4n) is 1.86. The molecule has 100 valence electrons. The minimum atomic E-state index is -0.393. The Morgan fingerprint density at radius 3 is 2.63 bits per heavy atom. The molecule has 0 radical (unpaired) electrons. The second-order valence-corrected chi connectivity index (χ2v) is 5.11. The highest BCUT2D eigenvalue weighted by Gasteiger charge is 2.16. The first kappa shape index (κ1) is 13.5. The molecule has 0 atom stereocenters. The molecular formula is C14H16N2O2S. The van der Waals surface area contributed by atoms with Crippen LogP contribution < -0.4 is 5.32 Å². The molecule has 0 aliphatic carbocycles. The standard InChI is InChI=1S/C14H16N2O2S/c1-4-18-14(17)12-13(19-8-15-12)16-11-6-9(2)5-10(3)7-11/h5-8,16H,4H2,1-3H3. The number of benzene rings is 1. The molecule has 0 aliphatic heterocycles. The lowest BCUT2D eigenvalue weighted by Crippen LogP contribution is -2.07. The highest BCUT2D eigenvalue weighted by Crippen LogP contribution is 2.26. The Balaban J connectivity index is 2.24. The summed E-state index contributed by atoms with van der Waals surface area (Å²) in [7, 11) is 0. The predicted molar refractivity (Wildman–Crippen MR) is 77.3 cm³/mol. The quantitative estimate of drug-likeness (QED) is 0.865. The summed E-state index contributed by atoms with van der Waals surface area (Å²) in [6.45, 7) is 6.20. The maximum atomic E-state index is 11.7. The van der Waals surface area contributed by atoms with E-state index in [0.29, 0.717) is 17.3 Å². The zero-order chi connectivity index (χ0) is 13.8. The molecule has 0 saturated heterocycles. The lowest BCUT2D eigenvalue weighted by molar-refractivity contribution is 0.0521. The van der Waals surface area contributed by atoms with E-state index in [0.717, 1.165) is 5.69 Å². The lowest BCUT2D eigenvalue weighted by Gasteiger charge is -2.08. The van der Waals surface area contributed by atoms with Crippen LogP contribution in [-0.4, -0.2) is 17.6 Å². The summed E-state index contributed by atoms with van der Waals surface area (Å²) in [5, 5.41) is 3.94. The van der Waals surface area contributed by atoms with Gasteiger partial charge in [-0.25, -0.2) is 9.78 Å². The number of nitrogens with zero attached hydrogens (tertiary/aromatic N) is 1. The Hall–Kier alpha value is -1.88. The van der Waals surface area contributed by atoms with Gasteiger partial charge in [0.1, 0.15) is 5.00 Å². The van der Waals surface area contributed by atoms with Gasteiger partial charge in [0.15, 0.2) is 5.69 Å². The fraction of sp³-hybridized carbons (Fsp3) is 0.286. The van der Waals surface area contributed by atoms with Crippen molar-refractivity contribution in [3.8, 4) is 0 Å². The molecular weight excluding hydrogens is 260 g/mol. The molecule has 4 nitrogen and oxygen atoms in total. The average molecular weight is 276 g/mol. The maximum absolute atomic E-state index is 11.7. The number of hydrogen-bond donors (Lipinski definition) is 1. The highest BCUT2D eigenvalue weighted by molar-refractivity contribution is 7.14. The van der Waals surface area contributed by atoms with Crippen LogP contribution in [0.5, 0.6) is 0 Å². The number of aromatic nitrogens is 1. The molecule has 0 spiro atoms. The van der Waals surface area contributed by atoms with Gasteiger partial charge in [-0.2, -0.15) is 0 Å². The Morgan fingerprint density at radius 1 is 1.32 bits per heavy atom. The molecule has 1 heterocycles. The minimum absolute atomic E-state index is 0.339. The van der Waals surface area contributed by atoms with E-state index in [2.05, 4.69) is 16.4 Å². The second kappa shape index (κ2) is 5.84. The monoisotopic (exact) mass is 276 g/mol. The number of hydrogen-bond acceptors (Lipinski definition) is 5. The third kappa shape index (κ3) is 3.32. The Bertz CT molecular complexity index is 573. The molecule has 0 aliphatic rings. The molecule has 1 aromatic heterocycles. The van der Waals surface area contributed by atoms with Crippen LogP contribution >= 0.6 is 11.3 Å². The molecule has 19 heavy (non-hydrogen) atoms. The van der Waals surface area contributed by atoms with E-state index in [-0.39, 0.29) is 0 Å². The third-order valence-corrected chi connectivity index (χ3v) is 3.26. The van der Waals surface area contributed by atoms with E-state index in [1.807, 2.05) is 26.0 Å². The zero-order valence-corrected chi connectivity index (χ0v) is 12.0. The van der Waals surface area contributed by atoms with Gasteiger partial charge >= 0.3 is 5.97 Å². The van der Waals surface area contributed by atoms with Crippen molar-refractivity contribution in [2.45, 2.75) is 20.8 Å². The molecule has 2 aromatic rings. The summed E-state index contributed by atoms with van der Waals surface area (Å²) in [6, 6.07) is 6.16. The van der Waals surface area contributed by atoms with E-state index < -0.39 is 5.97 Å². The van der Waals surface area contributed by atoms with Crippen LogP contribution in [0.15, 0.2) is 23.7 Å². The van der Waals surface area contributed by atoms with Crippen LogP contribution in [0, 0.1) is 13.8 Å². The topological polar surface area (TPSA) is 51.2 Å². The largest absolute Gasteiger partial charge is 0.461 e. The molecule has 5 heteroatoms. The Morgan fingerprint density at radius 2 is 2.00 bits per heavy atom. The van der Waals surface area contributed by atoms with Crippen LogP contribution in [0.1, 0.15) is 28.5 Å². The lowest BCUT2D eigenvalue weighted by atomic mass is 10.1. The fourth-order valence-corrected chi connectivity index (χ4v) is 2.55. The first-order valence-corrected chi connectivity index (χ1v) is 6.94. The van der Waals surface area contributed by atoms with Gasteiger partial charge in [-0.3, -0.25) is 0 Å². The van der Waals surface area contributed by atoms with Gasteiger partial charge < -0.3 is 10.1 Å². The maximum Gasteiger partial charge on any atom is 0.360 e. The number of carbonyl (C=O) groups excluding carboxylic acids is 1. The smallest absolute Gasteiger partial charge is 0.360 e. The highest BCUT2D eigenvalue weighted by atomic mass is 32.1. The first-order chi connectivity index (χ1) is 9.10. The summed E-state index contributed by atoms with van der Waals surface area (Å²) in [4.78, 5) is 15.8.